The van der Waals surface area contributed by atoms with Gasteiger partial charge in [-0.15, -0.1) is 0 Å². The van der Waals surface area contributed by atoms with Crippen LogP contribution in [0.5, 0.6) is 11.5 Å². The van der Waals surface area contributed by atoms with E-state index in [1.165, 1.54) is 24.3 Å². The van der Waals surface area contributed by atoms with Crippen molar-refractivity contribution >= 4 is 38.6 Å². The van der Waals surface area contributed by atoms with Crippen molar-refractivity contribution in [2.45, 2.75) is 72.3 Å². The minimum absolute atomic E-state index is 0.155. The van der Waals surface area contributed by atoms with Crippen LogP contribution in [-0.2, 0) is 40.1 Å². The van der Waals surface area contributed by atoms with Gasteiger partial charge in [0.15, 0.2) is 27.9 Å². The van der Waals surface area contributed by atoms with Crippen molar-refractivity contribution in [1.82, 2.24) is 0 Å². The zero-order valence-corrected chi connectivity index (χ0v) is 31.3. The molecule has 4 rings (SSSR count). The Bertz CT molecular complexity index is 1720. The molecule has 0 radical (unpaired) electrons. The van der Waals surface area contributed by atoms with Gasteiger partial charge in [0.1, 0.15) is 32.8 Å². The summed E-state index contributed by atoms with van der Waals surface area (Å²) in [6.07, 6.45) is 0. The molecule has 0 aliphatic carbocycles. The lowest BCUT2D eigenvalue weighted by atomic mass is 10.2. The van der Waals surface area contributed by atoms with Crippen LogP contribution >= 0.6 is 0 Å². The smallest absolute Gasteiger partial charge is 0.344 e. The minimum atomic E-state index is -4.25. The average Bonchev–Trinajstić information content (AvgIpc) is 3.03. The van der Waals surface area contributed by atoms with Gasteiger partial charge in [0.05, 0.1) is 15.8 Å². The molecule has 12 heteroatoms. The van der Waals surface area contributed by atoms with Crippen LogP contribution in [-0.4, -0.2) is 63.4 Å². The first-order valence-corrected chi connectivity index (χ1v) is 18.4. The fourth-order valence-corrected chi connectivity index (χ4v) is 6.83. The molecule has 268 valence electrons. The monoisotopic (exact) mass is 723 g/mol. The number of ether oxygens (including phenoxy) is 4. The van der Waals surface area contributed by atoms with Gasteiger partial charge in [-0.05, 0) is 114 Å². The molecule has 0 saturated carbocycles. The van der Waals surface area contributed by atoms with Gasteiger partial charge in [-0.1, -0.05) is 24.3 Å². The molecule has 50 heavy (non-hydrogen) atoms. The highest BCUT2D eigenvalue weighted by molar-refractivity contribution is 7.97. The normalized spacial score (nSPS) is 11.6. The van der Waals surface area contributed by atoms with Gasteiger partial charge in [-0.25, -0.2) is 18.0 Å². The van der Waals surface area contributed by atoms with Gasteiger partial charge in [-0.3, -0.25) is 0 Å². The Hall–Kier alpha value is -4.52. The van der Waals surface area contributed by atoms with E-state index in [0.717, 1.165) is 20.4 Å². The molecule has 4 aromatic rings. The summed E-state index contributed by atoms with van der Waals surface area (Å²) in [5.41, 5.74) is -0.0174. The zero-order chi connectivity index (χ0) is 37.1. The van der Waals surface area contributed by atoms with E-state index < -0.39 is 44.2 Å². The van der Waals surface area contributed by atoms with E-state index in [-0.39, 0.29) is 18.1 Å². The van der Waals surface area contributed by atoms with Crippen molar-refractivity contribution in [2.75, 3.05) is 32.2 Å². The third-order valence-corrected chi connectivity index (χ3v) is 9.34. The first-order chi connectivity index (χ1) is 23.3. The van der Waals surface area contributed by atoms with Gasteiger partial charge in [0.2, 0.25) is 0 Å². The van der Waals surface area contributed by atoms with Gasteiger partial charge in [-0.2, -0.15) is 0 Å². The molecule has 0 fully saturated rings. The molecule has 0 heterocycles. The number of rotatable bonds is 11. The predicted octanol–water partition coefficient (Wildman–Crippen LogP) is 6.88. The molecule has 0 aromatic heterocycles. The van der Waals surface area contributed by atoms with E-state index >= 15 is 0 Å². The van der Waals surface area contributed by atoms with Crippen LogP contribution in [0.25, 0.3) is 0 Å². The molecule has 0 amide bonds. The standard InChI is InChI=1S/C32H40NO6S.C6H6O3S/c1-31(2,3)38-29(34)21-36-24-12-16-26(17-13-24)40(28-11-9-10-23(20-28)33(7)8)27-18-14-25(15-19-27)37-22-30(35)39-32(4,5)6;7-10(8,9)6-4-2-1-3-5-6/h9-20H,21-22H2,1-8H3;1-5H,(H,7,8,9)/q+1;/p-1. The van der Waals surface area contributed by atoms with Crippen LogP contribution in [0.15, 0.2) is 123 Å². The number of anilines is 1. The quantitative estimate of drug-likeness (QED) is 0.0917. The summed E-state index contributed by atoms with van der Waals surface area (Å²) in [6.45, 7) is 10.6. The largest absolute Gasteiger partial charge is 0.744 e. The third-order valence-electron chi connectivity index (χ3n) is 6.27. The van der Waals surface area contributed by atoms with Crippen LogP contribution in [0, 0.1) is 0 Å². The second-order valence-corrected chi connectivity index (χ2v) is 16.6. The van der Waals surface area contributed by atoms with Crippen molar-refractivity contribution in [1.29, 1.82) is 0 Å². The van der Waals surface area contributed by atoms with Crippen LogP contribution in [0.3, 0.4) is 0 Å². The lowest BCUT2D eigenvalue weighted by molar-refractivity contribution is -0.158. The minimum Gasteiger partial charge on any atom is -0.744 e. The predicted molar refractivity (Wildman–Crippen MR) is 193 cm³/mol. The summed E-state index contributed by atoms with van der Waals surface area (Å²) in [6, 6.07) is 31.2. The fourth-order valence-electron chi connectivity index (χ4n) is 4.25. The second kappa shape index (κ2) is 17.4. The topological polar surface area (TPSA) is 132 Å². The van der Waals surface area contributed by atoms with Crippen molar-refractivity contribution in [2.24, 2.45) is 0 Å². The summed E-state index contributed by atoms with van der Waals surface area (Å²) in [5.74, 6) is 0.355. The number of carbonyl (C=O) groups excluding carboxylic acids is 2. The number of carbonyl (C=O) groups is 2. The molecule has 4 aromatic carbocycles. The van der Waals surface area contributed by atoms with Crippen molar-refractivity contribution in [3.63, 3.8) is 0 Å². The average molecular weight is 724 g/mol. The molecular formula is C38H45NO9S2. The first kappa shape index (κ1) is 39.9. The van der Waals surface area contributed by atoms with Gasteiger partial charge < -0.3 is 28.4 Å². The highest BCUT2D eigenvalue weighted by atomic mass is 32.2. The van der Waals surface area contributed by atoms with Crippen molar-refractivity contribution in [3.8, 4) is 11.5 Å². The van der Waals surface area contributed by atoms with Crippen LogP contribution in [0.4, 0.5) is 5.69 Å². The number of benzene rings is 4. The maximum Gasteiger partial charge on any atom is 0.344 e. The van der Waals surface area contributed by atoms with Crippen LogP contribution in [0.1, 0.15) is 41.5 Å². The lowest BCUT2D eigenvalue weighted by Crippen LogP contribution is -2.27. The maximum atomic E-state index is 12.1. The molecule has 0 aliphatic rings. The summed E-state index contributed by atoms with van der Waals surface area (Å²) in [7, 11) is -0.647. The van der Waals surface area contributed by atoms with E-state index in [9.17, 15) is 22.6 Å². The van der Waals surface area contributed by atoms with Crippen LogP contribution in [0.2, 0.25) is 0 Å². The molecule has 0 unspecified atom stereocenters. The summed E-state index contributed by atoms with van der Waals surface area (Å²) >= 11 is 0. The van der Waals surface area contributed by atoms with E-state index in [4.69, 9.17) is 18.9 Å². The van der Waals surface area contributed by atoms with E-state index in [0.29, 0.717) is 11.5 Å². The highest BCUT2D eigenvalue weighted by Gasteiger charge is 2.29. The summed E-state index contributed by atoms with van der Waals surface area (Å²) in [4.78, 5) is 29.3. The van der Waals surface area contributed by atoms with Gasteiger partial charge >= 0.3 is 11.9 Å². The lowest BCUT2D eigenvalue weighted by Gasteiger charge is -2.19. The fraction of sp³-hybridized carbons (Fsp3) is 0.316. The Morgan fingerprint density at radius 3 is 1.44 bits per heavy atom. The third kappa shape index (κ3) is 13.8. The molecule has 0 N–H and O–H groups in total. The Kier molecular flexibility index (Phi) is 13.9. The van der Waals surface area contributed by atoms with Crippen molar-refractivity contribution in [3.05, 3.63) is 103 Å². The number of hydrogen-bond acceptors (Lipinski definition) is 10. The van der Waals surface area contributed by atoms with Gasteiger partial charge in [0.25, 0.3) is 0 Å². The number of nitrogens with zero attached hydrogens (tertiary/aromatic N) is 1. The molecular weight excluding hydrogens is 679 g/mol. The number of esters is 2. The zero-order valence-electron chi connectivity index (χ0n) is 29.7. The summed E-state index contributed by atoms with van der Waals surface area (Å²) < 4.78 is 52.8. The number of hydrogen-bond donors (Lipinski definition) is 0. The molecule has 0 atom stereocenters. The highest BCUT2D eigenvalue weighted by Crippen LogP contribution is 2.34. The molecule has 0 aliphatic heterocycles. The van der Waals surface area contributed by atoms with Crippen LogP contribution < -0.4 is 14.4 Å². The summed E-state index contributed by atoms with van der Waals surface area (Å²) in [5, 5.41) is 0. The molecule has 0 bridgehead atoms. The Balaban J connectivity index is 0.000000578. The molecule has 10 nitrogen and oxygen atoms in total. The Labute approximate surface area is 298 Å². The van der Waals surface area contributed by atoms with Crippen molar-refractivity contribution < 1.29 is 41.5 Å². The van der Waals surface area contributed by atoms with Gasteiger partial charge in [0, 0.05) is 25.8 Å². The van der Waals surface area contributed by atoms with E-state index in [1.807, 2.05) is 104 Å². The second-order valence-electron chi connectivity index (χ2n) is 13.2. The van der Waals surface area contributed by atoms with E-state index in [2.05, 4.69) is 29.2 Å². The SMILES string of the molecule is CN(C)c1cccc([S+](c2ccc(OCC(=O)OC(C)(C)C)cc2)c2ccc(OCC(=O)OC(C)(C)C)cc2)c1.O=S(=O)([O-])c1ccccc1. The molecule has 0 saturated heterocycles. The first-order valence-electron chi connectivity index (χ1n) is 15.7. The molecule has 0 spiro atoms. The Morgan fingerprint density at radius 2 is 1.08 bits per heavy atom. The Morgan fingerprint density at radius 1 is 0.640 bits per heavy atom. The maximum absolute atomic E-state index is 12.1. The van der Waals surface area contributed by atoms with E-state index in [1.54, 1.807) is 6.07 Å².